The summed E-state index contributed by atoms with van der Waals surface area (Å²) in [4.78, 5) is 4.73. The van der Waals surface area contributed by atoms with Crippen LogP contribution in [0.2, 0.25) is 0 Å². The zero-order valence-electron chi connectivity index (χ0n) is 16.7. The second-order valence-electron chi connectivity index (χ2n) is 8.63. The van der Waals surface area contributed by atoms with E-state index in [9.17, 15) is 0 Å². The van der Waals surface area contributed by atoms with Gasteiger partial charge in [0.25, 0.3) is 0 Å². The average Bonchev–Trinajstić information content (AvgIpc) is 3.03. The molecule has 0 aliphatic heterocycles. The molecular formula is C26H23NO. The van der Waals surface area contributed by atoms with Crippen LogP contribution in [0.15, 0.2) is 71.3 Å². The minimum Gasteiger partial charge on any atom is -0.454 e. The van der Waals surface area contributed by atoms with Crippen molar-refractivity contribution in [3.8, 4) is 11.3 Å². The molecule has 0 atom stereocenters. The van der Waals surface area contributed by atoms with Crippen LogP contribution in [0.5, 0.6) is 0 Å². The van der Waals surface area contributed by atoms with Crippen LogP contribution in [0.4, 0.5) is 0 Å². The van der Waals surface area contributed by atoms with Crippen LogP contribution in [-0.2, 0) is 5.41 Å². The first-order chi connectivity index (χ1) is 13.4. The lowest BCUT2D eigenvalue weighted by Crippen LogP contribution is -2.12. The first kappa shape index (κ1) is 17.0. The average molecular weight is 365 g/mol. The molecule has 2 nitrogen and oxygen atoms in total. The van der Waals surface area contributed by atoms with Crippen LogP contribution >= 0.6 is 0 Å². The van der Waals surface area contributed by atoms with Gasteiger partial charge in [-0.2, -0.15) is 0 Å². The van der Waals surface area contributed by atoms with Crippen molar-refractivity contribution in [3.05, 3.63) is 78.0 Å². The number of furan rings is 1. The van der Waals surface area contributed by atoms with Crippen LogP contribution in [0.3, 0.4) is 0 Å². The van der Waals surface area contributed by atoms with Gasteiger partial charge in [-0.3, -0.25) is 4.98 Å². The zero-order valence-corrected chi connectivity index (χ0v) is 16.7. The molecule has 0 bridgehead atoms. The summed E-state index contributed by atoms with van der Waals surface area (Å²) in [7, 11) is 0. The standard InChI is InChI=1S/C26H23NO/c1-16-9-10-20-21-11-12-27-24(25(21)28-23(20)13-16)18-14-17-7-5-6-8-19(17)22(15-18)26(2,3)4/h5-15H,1-4H3. The number of fused-ring (bicyclic) bond motifs is 4. The highest BCUT2D eigenvalue weighted by Gasteiger charge is 2.20. The van der Waals surface area contributed by atoms with Gasteiger partial charge in [0.05, 0.1) is 0 Å². The summed E-state index contributed by atoms with van der Waals surface area (Å²) in [5.74, 6) is 0. The minimum absolute atomic E-state index is 0.0362. The van der Waals surface area contributed by atoms with Crippen LogP contribution in [0, 0.1) is 6.92 Å². The molecule has 28 heavy (non-hydrogen) atoms. The summed E-state index contributed by atoms with van der Waals surface area (Å²) in [6.07, 6.45) is 1.89. The molecule has 0 saturated carbocycles. The smallest absolute Gasteiger partial charge is 0.161 e. The Morgan fingerprint density at radius 3 is 2.46 bits per heavy atom. The highest BCUT2D eigenvalue weighted by Crippen LogP contribution is 2.38. The topological polar surface area (TPSA) is 26.0 Å². The van der Waals surface area contributed by atoms with Crippen molar-refractivity contribution < 1.29 is 4.42 Å². The molecule has 0 fully saturated rings. The van der Waals surface area contributed by atoms with Gasteiger partial charge >= 0.3 is 0 Å². The fourth-order valence-corrected chi connectivity index (χ4v) is 4.08. The maximum Gasteiger partial charge on any atom is 0.161 e. The normalized spacial score (nSPS) is 12.3. The van der Waals surface area contributed by atoms with Crippen molar-refractivity contribution in [2.75, 3.05) is 0 Å². The highest BCUT2D eigenvalue weighted by atomic mass is 16.3. The fraction of sp³-hybridized carbons (Fsp3) is 0.192. The van der Waals surface area contributed by atoms with Crippen LogP contribution < -0.4 is 0 Å². The molecule has 2 heterocycles. The van der Waals surface area contributed by atoms with Crippen molar-refractivity contribution >= 4 is 32.7 Å². The Morgan fingerprint density at radius 2 is 1.64 bits per heavy atom. The molecule has 5 aromatic rings. The van der Waals surface area contributed by atoms with Gasteiger partial charge in [0.1, 0.15) is 11.3 Å². The summed E-state index contributed by atoms with van der Waals surface area (Å²) >= 11 is 0. The van der Waals surface area contributed by atoms with E-state index in [1.807, 2.05) is 12.3 Å². The maximum absolute atomic E-state index is 6.29. The van der Waals surface area contributed by atoms with E-state index in [0.717, 1.165) is 33.2 Å². The zero-order chi connectivity index (χ0) is 19.5. The van der Waals surface area contributed by atoms with Crippen molar-refractivity contribution in [2.45, 2.75) is 33.1 Å². The predicted octanol–water partition coefficient (Wildman–Crippen LogP) is 7.41. The number of aromatic nitrogens is 1. The van der Waals surface area contributed by atoms with E-state index in [2.05, 4.69) is 82.3 Å². The van der Waals surface area contributed by atoms with Crippen molar-refractivity contribution in [2.24, 2.45) is 0 Å². The molecule has 0 aliphatic carbocycles. The molecule has 2 heteroatoms. The van der Waals surface area contributed by atoms with E-state index in [4.69, 9.17) is 9.40 Å². The Kier molecular flexibility index (Phi) is 3.60. The molecule has 5 rings (SSSR count). The molecular weight excluding hydrogens is 342 g/mol. The van der Waals surface area contributed by atoms with Gasteiger partial charge in [-0.25, -0.2) is 0 Å². The summed E-state index contributed by atoms with van der Waals surface area (Å²) in [6.45, 7) is 8.87. The Balaban J connectivity index is 1.85. The molecule has 0 amide bonds. The third kappa shape index (κ3) is 2.60. The lowest BCUT2D eigenvalue weighted by atomic mass is 9.82. The quantitative estimate of drug-likeness (QED) is 0.309. The van der Waals surface area contributed by atoms with Crippen molar-refractivity contribution in [1.82, 2.24) is 4.98 Å². The number of pyridine rings is 1. The second kappa shape index (κ2) is 5.93. The third-order valence-corrected chi connectivity index (χ3v) is 5.49. The van der Waals surface area contributed by atoms with Gasteiger partial charge in [0, 0.05) is 22.5 Å². The molecule has 0 aliphatic rings. The fourth-order valence-electron chi connectivity index (χ4n) is 4.08. The maximum atomic E-state index is 6.29. The van der Waals surface area contributed by atoms with E-state index < -0.39 is 0 Å². The molecule has 0 saturated heterocycles. The van der Waals surface area contributed by atoms with E-state index in [1.54, 1.807) is 0 Å². The molecule has 0 spiro atoms. The number of nitrogens with zero attached hydrogens (tertiary/aromatic N) is 1. The number of hydrogen-bond donors (Lipinski definition) is 0. The van der Waals surface area contributed by atoms with E-state index in [-0.39, 0.29) is 5.41 Å². The lowest BCUT2D eigenvalue weighted by Gasteiger charge is -2.22. The van der Waals surface area contributed by atoms with E-state index in [1.165, 1.54) is 21.9 Å². The number of hydrogen-bond acceptors (Lipinski definition) is 2. The van der Waals surface area contributed by atoms with E-state index >= 15 is 0 Å². The number of rotatable bonds is 1. The Hall–Kier alpha value is -3.13. The van der Waals surface area contributed by atoms with Crippen LogP contribution in [-0.4, -0.2) is 4.98 Å². The summed E-state index contributed by atoms with van der Waals surface area (Å²) in [5.41, 5.74) is 6.34. The molecule has 3 aromatic carbocycles. The molecule has 0 N–H and O–H groups in total. The van der Waals surface area contributed by atoms with E-state index in [0.29, 0.717) is 0 Å². The van der Waals surface area contributed by atoms with Gasteiger partial charge in [0.2, 0.25) is 0 Å². The van der Waals surface area contributed by atoms with Gasteiger partial charge in [-0.1, -0.05) is 57.2 Å². The first-order valence-electron chi connectivity index (χ1n) is 9.73. The van der Waals surface area contributed by atoms with Gasteiger partial charge < -0.3 is 4.42 Å². The summed E-state index contributed by atoms with van der Waals surface area (Å²) in [6, 6.07) is 21.5. The molecule has 0 unspecified atom stereocenters. The second-order valence-corrected chi connectivity index (χ2v) is 8.63. The predicted molar refractivity (Wildman–Crippen MR) is 118 cm³/mol. The SMILES string of the molecule is Cc1ccc2c(c1)oc1c(-c3cc(C(C)(C)C)c4ccccc4c3)nccc12. The molecule has 2 aromatic heterocycles. The third-order valence-electron chi connectivity index (χ3n) is 5.49. The van der Waals surface area contributed by atoms with Gasteiger partial charge in [-0.05, 0) is 58.5 Å². The first-order valence-corrected chi connectivity index (χ1v) is 9.73. The van der Waals surface area contributed by atoms with Gasteiger partial charge in [0.15, 0.2) is 5.58 Å². The number of benzene rings is 3. The van der Waals surface area contributed by atoms with Crippen LogP contribution in [0.25, 0.3) is 44.0 Å². The largest absolute Gasteiger partial charge is 0.454 e. The van der Waals surface area contributed by atoms with Crippen molar-refractivity contribution in [1.29, 1.82) is 0 Å². The Morgan fingerprint density at radius 1 is 0.821 bits per heavy atom. The van der Waals surface area contributed by atoms with Gasteiger partial charge in [-0.15, -0.1) is 0 Å². The Bertz CT molecular complexity index is 1350. The number of aryl methyl sites for hydroxylation is 1. The highest BCUT2D eigenvalue weighted by molar-refractivity contribution is 6.09. The lowest BCUT2D eigenvalue weighted by molar-refractivity contribution is 0.596. The monoisotopic (exact) mass is 365 g/mol. The Labute approximate surface area is 164 Å². The molecule has 138 valence electrons. The minimum atomic E-state index is 0.0362. The molecule has 0 radical (unpaired) electrons. The van der Waals surface area contributed by atoms with Crippen molar-refractivity contribution in [3.63, 3.8) is 0 Å². The van der Waals surface area contributed by atoms with Crippen LogP contribution in [0.1, 0.15) is 31.9 Å². The summed E-state index contributed by atoms with van der Waals surface area (Å²) in [5, 5.41) is 4.79. The summed E-state index contributed by atoms with van der Waals surface area (Å²) < 4.78 is 6.29.